The van der Waals surface area contributed by atoms with Crippen molar-refractivity contribution in [3.63, 3.8) is 0 Å². The second-order valence-corrected chi connectivity index (χ2v) is 7.60. The number of para-hydroxylation sites is 1. The number of H-pyrrole nitrogens is 2. The van der Waals surface area contributed by atoms with E-state index in [4.69, 9.17) is 0 Å². The summed E-state index contributed by atoms with van der Waals surface area (Å²) in [6, 6.07) is 13.9. The lowest BCUT2D eigenvalue weighted by Gasteiger charge is -1.99. The number of hydrogen-bond donors (Lipinski definition) is 3. The highest BCUT2D eigenvalue weighted by molar-refractivity contribution is 9.10. The molecule has 0 fully saturated rings. The van der Waals surface area contributed by atoms with E-state index < -0.39 is 0 Å². The van der Waals surface area contributed by atoms with E-state index in [1.54, 1.807) is 13.1 Å². The maximum atomic E-state index is 12.1. The third-order valence-corrected chi connectivity index (χ3v) is 4.94. The first-order valence-corrected chi connectivity index (χ1v) is 10.5. The Morgan fingerprint density at radius 2 is 1.84 bits per heavy atom. The molecule has 0 saturated heterocycles. The first-order chi connectivity index (χ1) is 15.0. The minimum atomic E-state index is -0.211. The molecule has 4 rings (SSSR count). The van der Waals surface area contributed by atoms with Crippen LogP contribution in [0.5, 0.6) is 0 Å². The minimum Gasteiger partial charge on any atom is -0.466 e. The van der Waals surface area contributed by atoms with Crippen LogP contribution in [0.4, 0.5) is 0 Å². The molecule has 0 aliphatic carbocycles. The van der Waals surface area contributed by atoms with Gasteiger partial charge in [0.1, 0.15) is 0 Å². The smallest absolute Gasteiger partial charge is 0.302 e. The summed E-state index contributed by atoms with van der Waals surface area (Å²) in [5, 5.41) is 6.19. The topological polar surface area (TPSA) is 99.3 Å². The average molecular weight is 483 g/mol. The van der Waals surface area contributed by atoms with Crippen LogP contribution >= 0.6 is 15.9 Å². The van der Waals surface area contributed by atoms with E-state index in [1.807, 2.05) is 54.9 Å². The molecular weight excluding hydrogens is 460 g/mol. The number of amides is 1. The summed E-state index contributed by atoms with van der Waals surface area (Å²) in [5.41, 5.74) is 6.52. The van der Waals surface area contributed by atoms with Crippen molar-refractivity contribution in [2.45, 2.75) is 20.3 Å². The number of hydrogen-bond acceptors (Lipinski definition) is 4. The van der Waals surface area contributed by atoms with Crippen molar-refractivity contribution in [1.82, 2.24) is 15.4 Å². The molecule has 4 aromatic rings. The molecule has 8 heteroatoms. The molecule has 160 valence electrons. The highest BCUT2D eigenvalue weighted by Gasteiger charge is 2.08. The number of carbonyl (C=O) groups excluding carboxylic acids is 2. The lowest BCUT2D eigenvalue weighted by molar-refractivity contribution is -0.140. The Labute approximate surface area is 188 Å². The fraction of sp³-hybridized carbons (Fsp3) is 0.174. The molecule has 0 bridgehead atoms. The second kappa shape index (κ2) is 10.6. The van der Waals surface area contributed by atoms with Crippen LogP contribution in [-0.2, 0) is 20.7 Å². The quantitative estimate of drug-likeness (QED) is 0.219. The number of ether oxygens (including phenoxy) is 1. The van der Waals surface area contributed by atoms with E-state index >= 15 is 0 Å². The molecule has 2 aromatic heterocycles. The largest absolute Gasteiger partial charge is 0.466 e. The number of rotatable bonds is 5. The van der Waals surface area contributed by atoms with Gasteiger partial charge in [0.2, 0.25) is 5.91 Å². The maximum Gasteiger partial charge on any atom is 0.302 e. The van der Waals surface area contributed by atoms with Gasteiger partial charge in [0, 0.05) is 51.2 Å². The molecule has 3 N–H and O–H groups in total. The molecule has 0 saturated carbocycles. The Balaban J connectivity index is 0.000000401. The number of benzene rings is 2. The number of halogens is 1. The normalized spacial score (nSPS) is 10.8. The van der Waals surface area contributed by atoms with Crippen molar-refractivity contribution in [3.8, 4) is 0 Å². The highest BCUT2D eigenvalue weighted by Crippen LogP contribution is 2.21. The van der Waals surface area contributed by atoms with Gasteiger partial charge in [-0.05, 0) is 36.8 Å². The third kappa shape index (κ3) is 6.05. The van der Waals surface area contributed by atoms with Crippen molar-refractivity contribution >= 4 is 55.8 Å². The van der Waals surface area contributed by atoms with Gasteiger partial charge < -0.3 is 14.7 Å². The van der Waals surface area contributed by atoms with Crippen LogP contribution in [0, 0.1) is 0 Å². The van der Waals surface area contributed by atoms with Crippen LogP contribution in [0.3, 0.4) is 0 Å². The average Bonchev–Trinajstić information content (AvgIpc) is 3.33. The summed E-state index contributed by atoms with van der Waals surface area (Å²) in [4.78, 5) is 28.3. The number of nitrogens with zero attached hydrogens (tertiary/aromatic N) is 1. The number of esters is 1. The van der Waals surface area contributed by atoms with Crippen molar-refractivity contribution in [2.75, 3.05) is 6.61 Å². The predicted molar refractivity (Wildman–Crippen MR) is 126 cm³/mol. The summed E-state index contributed by atoms with van der Waals surface area (Å²) < 4.78 is 5.40. The molecule has 31 heavy (non-hydrogen) atoms. The summed E-state index contributed by atoms with van der Waals surface area (Å²) in [6.07, 6.45) is 5.66. The first-order valence-electron chi connectivity index (χ1n) is 9.74. The van der Waals surface area contributed by atoms with E-state index in [-0.39, 0.29) is 18.3 Å². The molecule has 1 amide bonds. The van der Waals surface area contributed by atoms with E-state index in [2.05, 4.69) is 41.2 Å². The molecule has 0 spiro atoms. The van der Waals surface area contributed by atoms with Crippen LogP contribution in [0.25, 0.3) is 21.8 Å². The van der Waals surface area contributed by atoms with Gasteiger partial charge >= 0.3 is 5.97 Å². The lowest BCUT2D eigenvalue weighted by atomic mass is 10.1. The van der Waals surface area contributed by atoms with Gasteiger partial charge in [-0.2, -0.15) is 5.10 Å². The number of hydrazone groups is 1. The fourth-order valence-corrected chi connectivity index (χ4v) is 3.45. The number of nitrogens with one attached hydrogen (secondary N) is 3. The zero-order valence-corrected chi connectivity index (χ0v) is 18.8. The van der Waals surface area contributed by atoms with Crippen LogP contribution in [-0.4, -0.2) is 34.7 Å². The Morgan fingerprint density at radius 1 is 1.10 bits per heavy atom. The summed E-state index contributed by atoms with van der Waals surface area (Å²) in [6.45, 7) is 3.65. The zero-order valence-electron chi connectivity index (χ0n) is 17.2. The summed E-state index contributed by atoms with van der Waals surface area (Å²) in [7, 11) is 0. The molecule has 0 aliphatic heterocycles. The number of fused-ring (bicyclic) bond motifs is 2. The predicted octanol–water partition coefficient (Wildman–Crippen LogP) is 4.67. The van der Waals surface area contributed by atoms with Gasteiger partial charge in [-0.1, -0.05) is 34.1 Å². The molecular formula is C23H23BrN4O3. The standard InChI is InChI=1S/C19H15BrN4O.C4H8O2/c20-14-5-6-18-16(8-14)13(10-22-18)11-23-24-19(25)7-12-9-21-17-4-2-1-3-15(12)17;1-3-6-4(2)5/h1-6,8-11,21-22H,7H2,(H,24,25);3H2,1-2H3/b23-11+;. The third-order valence-electron chi connectivity index (χ3n) is 4.44. The van der Waals surface area contributed by atoms with Gasteiger partial charge in [-0.3, -0.25) is 9.59 Å². The van der Waals surface area contributed by atoms with Crippen molar-refractivity contribution in [1.29, 1.82) is 0 Å². The molecule has 0 unspecified atom stereocenters. The van der Waals surface area contributed by atoms with Crippen LogP contribution < -0.4 is 5.43 Å². The van der Waals surface area contributed by atoms with Crippen LogP contribution in [0.15, 0.2) is 64.4 Å². The Morgan fingerprint density at radius 3 is 2.58 bits per heavy atom. The fourth-order valence-electron chi connectivity index (χ4n) is 3.09. The Hall–Kier alpha value is -3.39. The van der Waals surface area contributed by atoms with Crippen molar-refractivity contribution < 1.29 is 14.3 Å². The van der Waals surface area contributed by atoms with E-state index in [0.29, 0.717) is 6.61 Å². The van der Waals surface area contributed by atoms with E-state index in [1.165, 1.54) is 6.92 Å². The SMILES string of the molecule is CCOC(C)=O.O=C(Cc1c[nH]c2ccccc12)N/N=C/c1c[nH]c2ccc(Br)cc12. The molecule has 2 aromatic carbocycles. The first kappa shape index (κ1) is 22.3. The number of aromatic amines is 2. The van der Waals surface area contributed by atoms with E-state index in [0.717, 1.165) is 37.4 Å². The number of aromatic nitrogens is 2. The van der Waals surface area contributed by atoms with Gasteiger partial charge in [0.25, 0.3) is 0 Å². The maximum absolute atomic E-state index is 12.1. The Bertz CT molecular complexity index is 1230. The molecule has 2 heterocycles. The second-order valence-electron chi connectivity index (χ2n) is 6.69. The zero-order chi connectivity index (χ0) is 22.2. The monoisotopic (exact) mass is 482 g/mol. The van der Waals surface area contributed by atoms with Gasteiger partial charge in [-0.25, -0.2) is 5.43 Å². The van der Waals surface area contributed by atoms with Crippen molar-refractivity contribution in [2.24, 2.45) is 5.10 Å². The van der Waals surface area contributed by atoms with E-state index in [9.17, 15) is 9.59 Å². The molecule has 7 nitrogen and oxygen atoms in total. The van der Waals surface area contributed by atoms with Crippen LogP contribution in [0.2, 0.25) is 0 Å². The van der Waals surface area contributed by atoms with Gasteiger partial charge in [0.15, 0.2) is 0 Å². The van der Waals surface area contributed by atoms with Gasteiger partial charge in [0.05, 0.1) is 19.2 Å². The summed E-state index contributed by atoms with van der Waals surface area (Å²) >= 11 is 3.46. The molecule has 0 radical (unpaired) electrons. The number of carbonyl (C=O) groups is 2. The minimum absolute atomic E-state index is 0.151. The summed E-state index contributed by atoms with van der Waals surface area (Å²) in [5.74, 6) is -0.362. The highest BCUT2D eigenvalue weighted by atomic mass is 79.9. The molecule has 0 aliphatic rings. The van der Waals surface area contributed by atoms with Crippen LogP contribution in [0.1, 0.15) is 25.0 Å². The lowest BCUT2D eigenvalue weighted by Crippen LogP contribution is -2.19. The van der Waals surface area contributed by atoms with Crippen molar-refractivity contribution in [3.05, 3.63) is 70.5 Å². The van der Waals surface area contributed by atoms with Gasteiger partial charge in [-0.15, -0.1) is 0 Å². The Kier molecular flexibility index (Phi) is 7.61. The molecule has 0 atom stereocenters.